The van der Waals surface area contributed by atoms with Crippen molar-refractivity contribution in [3.63, 3.8) is 0 Å². The molecule has 116 valence electrons. The molecule has 0 bridgehead atoms. The molecule has 22 heavy (non-hydrogen) atoms. The summed E-state index contributed by atoms with van der Waals surface area (Å²) in [5.74, 6) is 0.444. The molecule has 0 unspecified atom stereocenters. The first-order chi connectivity index (χ1) is 10.8. The van der Waals surface area contributed by atoms with Gasteiger partial charge in [0.2, 0.25) is 0 Å². The number of carbonyl (C=O) groups is 1. The zero-order valence-corrected chi connectivity index (χ0v) is 12.8. The van der Waals surface area contributed by atoms with Gasteiger partial charge in [0.05, 0.1) is 12.1 Å². The van der Waals surface area contributed by atoms with Crippen LogP contribution in [0.15, 0.2) is 42.9 Å². The van der Waals surface area contributed by atoms with Gasteiger partial charge in [0.15, 0.2) is 0 Å². The Morgan fingerprint density at radius 2 is 2.27 bits per heavy atom. The molecule has 5 heteroatoms. The van der Waals surface area contributed by atoms with Gasteiger partial charge in [-0.25, -0.2) is 0 Å². The minimum atomic E-state index is 0.0465. The van der Waals surface area contributed by atoms with Gasteiger partial charge in [-0.15, -0.1) is 0 Å². The number of rotatable bonds is 4. The zero-order chi connectivity index (χ0) is 15.4. The van der Waals surface area contributed by atoms with Crippen LogP contribution in [0.2, 0.25) is 0 Å². The fourth-order valence-corrected chi connectivity index (χ4v) is 2.97. The number of pyridine rings is 1. The van der Waals surface area contributed by atoms with E-state index in [1.165, 1.54) is 5.69 Å². The van der Waals surface area contributed by atoms with Gasteiger partial charge in [0.1, 0.15) is 0 Å². The number of ether oxygens (including phenoxy) is 1. The highest BCUT2D eigenvalue weighted by Crippen LogP contribution is 2.21. The molecule has 5 nitrogen and oxygen atoms in total. The van der Waals surface area contributed by atoms with Crippen LogP contribution in [0.1, 0.15) is 22.5 Å². The number of fused-ring (bicyclic) bond motifs is 1. The fraction of sp³-hybridized carbons (Fsp3) is 0.412. The van der Waals surface area contributed by atoms with Gasteiger partial charge in [-0.05, 0) is 36.6 Å². The summed E-state index contributed by atoms with van der Waals surface area (Å²) in [6, 6.07) is 7.75. The van der Waals surface area contributed by atoms with Gasteiger partial charge in [-0.3, -0.25) is 9.78 Å². The van der Waals surface area contributed by atoms with Crippen LogP contribution >= 0.6 is 0 Å². The lowest BCUT2D eigenvalue weighted by atomic mass is 10.1. The molecule has 0 radical (unpaired) electrons. The summed E-state index contributed by atoms with van der Waals surface area (Å²) < 4.78 is 7.46. The molecule has 0 N–H and O–H groups in total. The Hall–Kier alpha value is -2.14. The molecule has 0 aromatic carbocycles. The van der Waals surface area contributed by atoms with Gasteiger partial charge in [-0.1, -0.05) is 0 Å². The second-order valence-corrected chi connectivity index (χ2v) is 5.73. The summed E-state index contributed by atoms with van der Waals surface area (Å²) in [4.78, 5) is 18.7. The van der Waals surface area contributed by atoms with Gasteiger partial charge in [-0.2, -0.15) is 0 Å². The van der Waals surface area contributed by atoms with E-state index in [1.807, 2.05) is 17.0 Å². The van der Waals surface area contributed by atoms with E-state index in [2.05, 4.69) is 21.8 Å². The predicted octanol–water partition coefficient (Wildman–Crippen LogP) is 2.19. The van der Waals surface area contributed by atoms with Crippen molar-refractivity contribution in [3.05, 3.63) is 54.1 Å². The first-order valence-corrected chi connectivity index (χ1v) is 7.60. The minimum Gasteiger partial charge on any atom is -0.385 e. The molecule has 2 aromatic heterocycles. The molecule has 0 saturated heterocycles. The molecule has 3 heterocycles. The van der Waals surface area contributed by atoms with Gasteiger partial charge in [0, 0.05) is 51.1 Å². The molecule has 1 atom stereocenters. The second-order valence-electron chi connectivity index (χ2n) is 5.73. The van der Waals surface area contributed by atoms with Crippen molar-refractivity contribution in [1.29, 1.82) is 0 Å². The summed E-state index contributed by atoms with van der Waals surface area (Å²) in [6.07, 6.45) is 6.36. The minimum absolute atomic E-state index is 0.0465. The largest absolute Gasteiger partial charge is 0.385 e. The highest BCUT2D eigenvalue weighted by atomic mass is 16.5. The number of aromatic nitrogens is 2. The Morgan fingerprint density at radius 3 is 3.05 bits per heavy atom. The lowest BCUT2D eigenvalue weighted by molar-refractivity contribution is 0.0705. The number of hydrogen-bond acceptors (Lipinski definition) is 3. The Labute approximate surface area is 130 Å². The monoisotopic (exact) mass is 299 g/mol. The predicted molar refractivity (Wildman–Crippen MR) is 83.4 cm³/mol. The van der Waals surface area contributed by atoms with E-state index in [0.717, 1.165) is 26.1 Å². The molecule has 2 aromatic rings. The van der Waals surface area contributed by atoms with Gasteiger partial charge >= 0.3 is 0 Å². The maximum absolute atomic E-state index is 12.7. The molecule has 1 aliphatic heterocycles. The van der Waals surface area contributed by atoms with Gasteiger partial charge in [0.25, 0.3) is 5.91 Å². The summed E-state index contributed by atoms with van der Waals surface area (Å²) in [6.45, 7) is 3.04. The highest BCUT2D eigenvalue weighted by Gasteiger charge is 2.25. The first-order valence-electron chi connectivity index (χ1n) is 7.60. The summed E-state index contributed by atoms with van der Waals surface area (Å²) in [5, 5.41) is 0. The van der Waals surface area contributed by atoms with Crippen LogP contribution in [0, 0.1) is 5.92 Å². The molecule has 0 saturated carbocycles. The molecular weight excluding hydrogens is 278 g/mol. The van der Waals surface area contributed by atoms with E-state index in [-0.39, 0.29) is 5.91 Å². The molecule has 0 spiro atoms. The second kappa shape index (κ2) is 6.75. The lowest BCUT2D eigenvalue weighted by Gasteiger charge is -2.24. The summed E-state index contributed by atoms with van der Waals surface area (Å²) in [5.41, 5.74) is 1.82. The summed E-state index contributed by atoms with van der Waals surface area (Å²) >= 11 is 0. The standard InChI is InChI=1S/C17H21N3O2/c1-22-9-6-14-11-19-8-3-5-16(19)13-20(12-14)17(21)15-4-2-7-18-10-15/h2-5,7-8,10,14H,6,9,11-13H2,1H3/t14-/m0/s1. The average Bonchev–Trinajstić information content (AvgIpc) is 2.91. The van der Waals surface area contributed by atoms with Crippen LogP contribution in [-0.2, 0) is 17.8 Å². The van der Waals surface area contributed by atoms with Crippen molar-refractivity contribution in [2.75, 3.05) is 20.3 Å². The van der Waals surface area contributed by atoms with E-state index < -0.39 is 0 Å². The number of amides is 1. The molecule has 1 aliphatic rings. The van der Waals surface area contributed by atoms with Crippen LogP contribution in [0.25, 0.3) is 0 Å². The van der Waals surface area contributed by atoms with Crippen molar-refractivity contribution in [1.82, 2.24) is 14.5 Å². The Morgan fingerprint density at radius 1 is 1.36 bits per heavy atom. The molecule has 0 aliphatic carbocycles. The number of carbonyl (C=O) groups excluding carboxylic acids is 1. The number of hydrogen-bond donors (Lipinski definition) is 0. The van der Waals surface area contributed by atoms with Crippen molar-refractivity contribution < 1.29 is 9.53 Å². The normalized spacial score (nSPS) is 17.9. The fourth-order valence-electron chi connectivity index (χ4n) is 2.97. The maximum Gasteiger partial charge on any atom is 0.255 e. The van der Waals surface area contributed by atoms with E-state index in [4.69, 9.17) is 4.74 Å². The smallest absolute Gasteiger partial charge is 0.255 e. The van der Waals surface area contributed by atoms with Gasteiger partial charge < -0.3 is 14.2 Å². The third-order valence-corrected chi connectivity index (χ3v) is 4.14. The first kappa shape index (κ1) is 14.8. The van der Waals surface area contributed by atoms with Crippen molar-refractivity contribution in [3.8, 4) is 0 Å². The highest BCUT2D eigenvalue weighted by molar-refractivity contribution is 5.93. The zero-order valence-electron chi connectivity index (χ0n) is 12.8. The molecule has 3 rings (SSSR count). The van der Waals surface area contributed by atoms with E-state index in [9.17, 15) is 4.79 Å². The Bertz CT molecular complexity index is 624. The van der Waals surface area contributed by atoms with Crippen LogP contribution in [-0.4, -0.2) is 40.6 Å². The Kier molecular flexibility index (Phi) is 4.53. The third-order valence-electron chi connectivity index (χ3n) is 4.14. The number of methoxy groups -OCH3 is 1. The molecule has 1 amide bonds. The van der Waals surface area contributed by atoms with E-state index in [1.54, 1.807) is 25.6 Å². The van der Waals surface area contributed by atoms with Crippen LogP contribution in [0.3, 0.4) is 0 Å². The van der Waals surface area contributed by atoms with E-state index in [0.29, 0.717) is 18.0 Å². The number of nitrogens with zero attached hydrogens (tertiary/aromatic N) is 3. The topological polar surface area (TPSA) is 47.4 Å². The van der Waals surface area contributed by atoms with Crippen molar-refractivity contribution in [2.45, 2.75) is 19.5 Å². The van der Waals surface area contributed by atoms with Crippen LogP contribution in [0.4, 0.5) is 0 Å². The Balaban J connectivity index is 1.82. The lowest BCUT2D eigenvalue weighted by Crippen LogP contribution is -2.34. The molecular formula is C17H21N3O2. The quantitative estimate of drug-likeness (QED) is 0.869. The summed E-state index contributed by atoms with van der Waals surface area (Å²) in [7, 11) is 1.72. The SMILES string of the molecule is COCC[C@@H]1CN(C(=O)c2cccnc2)Cc2cccn2C1. The van der Waals surface area contributed by atoms with E-state index >= 15 is 0 Å². The average molecular weight is 299 g/mol. The van der Waals surface area contributed by atoms with Crippen molar-refractivity contribution in [2.24, 2.45) is 5.92 Å². The van der Waals surface area contributed by atoms with Crippen molar-refractivity contribution >= 4 is 5.91 Å². The third kappa shape index (κ3) is 3.20. The van der Waals surface area contributed by atoms with Crippen LogP contribution in [0.5, 0.6) is 0 Å². The van der Waals surface area contributed by atoms with Crippen LogP contribution < -0.4 is 0 Å². The maximum atomic E-state index is 12.7. The molecule has 0 fully saturated rings.